The summed E-state index contributed by atoms with van der Waals surface area (Å²) in [6.45, 7) is 9.11. The van der Waals surface area contributed by atoms with Crippen molar-refractivity contribution in [3.8, 4) is 0 Å². The molecular formula is C17H26O. The maximum Gasteiger partial charge on any atom is 0.0615 e. The average molecular weight is 246 g/mol. The van der Waals surface area contributed by atoms with Crippen LogP contribution in [-0.4, -0.2) is 11.7 Å². The Morgan fingerprint density at radius 2 is 2.11 bits per heavy atom. The number of hydrogen-bond acceptors (Lipinski definition) is 1. The molecule has 0 amide bonds. The zero-order chi connectivity index (χ0) is 13.6. The van der Waals surface area contributed by atoms with Gasteiger partial charge >= 0.3 is 0 Å². The standard InChI is InChI=1S/C17H26O/c1-14(8-5-6-13-18)10-11-16-15(2)9-7-12-17(16,3)4/h5-6,8,10-11,18H,7,9,12-13H2,1-4H3/b6-5+,11-10+,14-8+. The summed E-state index contributed by atoms with van der Waals surface area (Å²) in [5.74, 6) is 0. The van der Waals surface area contributed by atoms with E-state index in [9.17, 15) is 0 Å². The number of hydrogen-bond donors (Lipinski definition) is 1. The molecule has 0 aromatic heterocycles. The second-order valence-corrected chi connectivity index (χ2v) is 5.79. The number of allylic oxidation sites excluding steroid dienone is 7. The molecule has 1 nitrogen and oxygen atoms in total. The van der Waals surface area contributed by atoms with Crippen LogP contribution in [0, 0.1) is 5.41 Å². The molecule has 0 atom stereocenters. The molecule has 1 heteroatoms. The largest absolute Gasteiger partial charge is 0.392 e. The van der Waals surface area contributed by atoms with Crippen molar-refractivity contribution in [3.63, 3.8) is 0 Å². The lowest BCUT2D eigenvalue weighted by Crippen LogP contribution is -2.19. The summed E-state index contributed by atoms with van der Waals surface area (Å²) in [6, 6.07) is 0. The Hall–Kier alpha value is -1.08. The van der Waals surface area contributed by atoms with Crippen LogP contribution in [0.3, 0.4) is 0 Å². The molecule has 1 aliphatic rings. The Morgan fingerprint density at radius 1 is 1.39 bits per heavy atom. The van der Waals surface area contributed by atoms with Gasteiger partial charge < -0.3 is 5.11 Å². The Morgan fingerprint density at radius 3 is 2.72 bits per heavy atom. The van der Waals surface area contributed by atoms with Gasteiger partial charge in [0.15, 0.2) is 0 Å². The molecule has 0 aromatic rings. The minimum Gasteiger partial charge on any atom is -0.392 e. The van der Waals surface area contributed by atoms with E-state index in [4.69, 9.17) is 5.11 Å². The second kappa shape index (κ2) is 6.75. The van der Waals surface area contributed by atoms with Crippen molar-refractivity contribution in [1.82, 2.24) is 0 Å². The van der Waals surface area contributed by atoms with Crippen molar-refractivity contribution >= 4 is 0 Å². The monoisotopic (exact) mass is 246 g/mol. The molecule has 1 N–H and O–H groups in total. The Kier molecular flexibility index (Phi) is 5.61. The van der Waals surface area contributed by atoms with Crippen LogP contribution in [0.5, 0.6) is 0 Å². The molecule has 0 heterocycles. The van der Waals surface area contributed by atoms with Crippen molar-refractivity contribution in [2.45, 2.75) is 47.0 Å². The van der Waals surface area contributed by atoms with E-state index >= 15 is 0 Å². The number of aliphatic hydroxyl groups excluding tert-OH is 1. The minimum absolute atomic E-state index is 0.102. The van der Waals surface area contributed by atoms with Crippen LogP contribution in [0.15, 0.2) is 47.1 Å². The summed E-state index contributed by atoms with van der Waals surface area (Å²) in [7, 11) is 0. The van der Waals surface area contributed by atoms with E-state index < -0.39 is 0 Å². The van der Waals surface area contributed by atoms with Gasteiger partial charge in [-0.3, -0.25) is 0 Å². The minimum atomic E-state index is 0.102. The summed E-state index contributed by atoms with van der Waals surface area (Å²) >= 11 is 0. The summed E-state index contributed by atoms with van der Waals surface area (Å²) in [4.78, 5) is 0. The van der Waals surface area contributed by atoms with Gasteiger partial charge in [-0.2, -0.15) is 0 Å². The van der Waals surface area contributed by atoms with Gasteiger partial charge in [-0.05, 0) is 44.1 Å². The summed E-state index contributed by atoms with van der Waals surface area (Å²) in [5, 5.41) is 8.67. The van der Waals surface area contributed by atoms with E-state index in [2.05, 4.69) is 39.8 Å². The maximum absolute atomic E-state index is 8.67. The van der Waals surface area contributed by atoms with Crippen molar-refractivity contribution in [3.05, 3.63) is 47.1 Å². The van der Waals surface area contributed by atoms with Crippen LogP contribution in [0.25, 0.3) is 0 Å². The van der Waals surface area contributed by atoms with Gasteiger partial charge in [0, 0.05) is 0 Å². The van der Waals surface area contributed by atoms with Crippen molar-refractivity contribution in [1.29, 1.82) is 0 Å². The normalized spacial score (nSPS) is 21.3. The molecule has 0 spiro atoms. The topological polar surface area (TPSA) is 20.2 Å². The van der Waals surface area contributed by atoms with Gasteiger partial charge in [0.05, 0.1) is 6.61 Å². The first-order valence-corrected chi connectivity index (χ1v) is 6.80. The van der Waals surface area contributed by atoms with E-state index in [1.807, 2.05) is 12.2 Å². The van der Waals surface area contributed by atoms with Gasteiger partial charge in [0.1, 0.15) is 0 Å². The van der Waals surface area contributed by atoms with Gasteiger partial charge in [0.2, 0.25) is 0 Å². The number of rotatable bonds is 4. The molecule has 100 valence electrons. The predicted octanol–water partition coefficient (Wildman–Crippen LogP) is 4.56. The Labute approximate surface area is 112 Å². The molecule has 1 rings (SSSR count). The van der Waals surface area contributed by atoms with Gasteiger partial charge in [-0.25, -0.2) is 0 Å². The first-order valence-electron chi connectivity index (χ1n) is 6.80. The maximum atomic E-state index is 8.67. The molecule has 18 heavy (non-hydrogen) atoms. The molecule has 0 aromatic carbocycles. The second-order valence-electron chi connectivity index (χ2n) is 5.79. The van der Waals surface area contributed by atoms with Crippen molar-refractivity contribution in [2.24, 2.45) is 5.41 Å². The molecule has 0 fully saturated rings. The Bertz CT molecular complexity index is 392. The summed E-state index contributed by atoms with van der Waals surface area (Å²) < 4.78 is 0. The van der Waals surface area contributed by atoms with Gasteiger partial charge in [-0.1, -0.05) is 55.4 Å². The first-order chi connectivity index (χ1) is 8.47. The molecule has 0 saturated heterocycles. The fourth-order valence-corrected chi connectivity index (χ4v) is 2.56. The SMILES string of the molecule is CC1=C(/C=C/C(C)=C/C=C/CO)C(C)(C)CCC1. The molecule has 0 radical (unpaired) electrons. The van der Waals surface area contributed by atoms with Crippen LogP contribution >= 0.6 is 0 Å². The summed E-state index contributed by atoms with van der Waals surface area (Å²) in [6.07, 6.45) is 13.9. The van der Waals surface area contributed by atoms with Crippen LogP contribution < -0.4 is 0 Å². The molecule has 0 unspecified atom stereocenters. The fourth-order valence-electron chi connectivity index (χ4n) is 2.56. The smallest absolute Gasteiger partial charge is 0.0615 e. The molecular weight excluding hydrogens is 220 g/mol. The lowest BCUT2D eigenvalue weighted by Gasteiger charge is -2.32. The third-order valence-electron chi connectivity index (χ3n) is 3.66. The van der Waals surface area contributed by atoms with Crippen LogP contribution in [0.1, 0.15) is 47.0 Å². The van der Waals surface area contributed by atoms with Gasteiger partial charge in [0.25, 0.3) is 0 Å². The molecule has 0 saturated carbocycles. The highest BCUT2D eigenvalue weighted by molar-refractivity contribution is 5.36. The molecule has 0 aliphatic heterocycles. The van der Waals surface area contributed by atoms with E-state index in [1.165, 1.54) is 36.0 Å². The summed E-state index contributed by atoms with van der Waals surface area (Å²) in [5.41, 5.74) is 4.54. The van der Waals surface area contributed by atoms with Crippen molar-refractivity contribution in [2.75, 3.05) is 6.61 Å². The quantitative estimate of drug-likeness (QED) is 0.721. The van der Waals surface area contributed by atoms with E-state index in [1.54, 1.807) is 6.08 Å². The lowest BCUT2D eigenvalue weighted by atomic mass is 9.72. The fraction of sp³-hybridized carbons (Fsp3) is 0.529. The van der Waals surface area contributed by atoms with Crippen LogP contribution in [0.4, 0.5) is 0 Å². The molecule has 1 aliphatic carbocycles. The predicted molar refractivity (Wildman–Crippen MR) is 79.5 cm³/mol. The van der Waals surface area contributed by atoms with E-state index in [-0.39, 0.29) is 6.61 Å². The Balaban J connectivity index is 2.82. The van der Waals surface area contributed by atoms with E-state index in [0.29, 0.717) is 5.41 Å². The third kappa shape index (κ3) is 4.30. The third-order valence-corrected chi connectivity index (χ3v) is 3.66. The average Bonchev–Trinajstić information content (AvgIpc) is 2.28. The molecule has 0 bridgehead atoms. The first kappa shape index (κ1) is 15.0. The highest BCUT2D eigenvalue weighted by Gasteiger charge is 2.26. The van der Waals surface area contributed by atoms with Crippen molar-refractivity contribution < 1.29 is 5.11 Å². The van der Waals surface area contributed by atoms with Crippen LogP contribution in [0.2, 0.25) is 0 Å². The zero-order valence-corrected chi connectivity index (χ0v) is 12.2. The van der Waals surface area contributed by atoms with Gasteiger partial charge in [-0.15, -0.1) is 0 Å². The lowest BCUT2D eigenvalue weighted by molar-refractivity contribution is 0.343. The van der Waals surface area contributed by atoms with Crippen LogP contribution in [-0.2, 0) is 0 Å². The number of aliphatic hydroxyl groups is 1. The highest BCUT2D eigenvalue weighted by Crippen LogP contribution is 2.40. The van der Waals surface area contributed by atoms with E-state index in [0.717, 1.165) is 0 Å². The highest BCUT2D eigenvalue weighted by atomic mass is 16.2. The zero-order valence-electron chi connectivity index (χ0n) is 12.2.